The van der Waals surface area contributed by atoms with E-state index in [1.54, 1.807) is 26.8 Å². The van der Waals surface area contributed by atoms with Gasteiger partial charge in [-0.1, -0.05) is 25.8 Å². The highest BCUT2D eigenvalue weighted by atomic mass is 16.6. The fourth-order valence-electron chi connectivity index (χ4n) is 1.54. The summed E-state index contributed by atoms with van der Waals surface area (Å²) in [6.07, 6.45) is 1.82. The van der Waals surface area contributed by atoms with Gasteiger partial charge in [0.2, 0.25) is 0 Å². The predicted molar refractivity (Wildman–Crippen MR) is 77.1 cm³/mol. The zero-order valence-corrected chi connectivity index (χ0v) is 13.2. The second-order valence-corrected chi connectivity index (χ2v) is 6.13. The Morgan fingerprint density at radius 2 is 1.79 bits per heavy atom. The van der Waals surface area contributed by atoms with Gasteiger partial charge in [0.15, 0.2) is 5.78 Å². The minimum absolute atomic E-state index is 0.0654. The van der Waals surface area contributed by atoms with Crippen LogP contribution in [0, 0.1) is 5.92 Å². The maximum atomic E-state index is 12.1. The molecule has 1 amide bonds. The number of hydrogen-bond donors (Lipinski definition) is 1. The maximum absolute atomic E-state index is 12.1. The van der Waals surface area contributed by atoms with E-state index in [1.807, 2.05) is 27.7 Å². The molecule has 0 aromatic carbocycles. The van der Waals surface area contributed by atoms with E-state index in [9.17, 15) is 9.59 Å². The average Bonchev–Trinajstić information content (AvgIpc) is 2.21. The van der Waals surface area contributed by atoms with Gasteiger partial charge in [0, 0.05) is 0 Å². The summed E-state index contributed by atoms with van der Waals surface area (Å²) < 4.78 is 5.20. The van der Waals surface area contributed by atoms with Crippen molar-refractivity contribution in [3.63, 3.8) is 0 Å². The number of carbonyl (C=O) groups is 2. The van der Waals surface area contributed by atoms with Crippen LogP contribution in [0.2, 0.25) is 0 Å². The largest absolute Gasteiger partial charge is 0.444 e. The van der Waals surface area contributed by atoms with Crippen molar-refractivity contribution < 1.29 is 14.3 Å². The average molecular weight is 269 g/mol. The number of alkyl carbamates (subject to hydrolysis) is 1. The Hall–Kier alpha value is -1.32. The zero-order valence-electron chi connectivity index (χ0n) is 13.2. The molecule has 0 radical (unpaired) electrons. The Morgan fingerprint density at radius 1 is 1.26 bits per heavy atom. The molecule has 0 aliphatic carbocycles. The molecule has 19 heavy (non-hydrogen) atoms. The lowest BCUT2D eigenvalue weighted by molar-refractivity contribution is -0.117. The molecule has 0 aliphatic heterocycles. The molecule has 2 atom stereocenters. The molecule has 0 fully saturated rings. The quantitative estimate of drug-likeness (QED) is 0.778. The molecule has 110 valence electrons. The van der Waals surface area contributed by atoms with Crippen LogP contribution >= 0.6 is 0 Å². The second kappa shape index (κ2) is 7.31. The third-order valence-electron chi connectivity index (χ3n) is 2.62. The van der Waals surface area contributed by atoms with Crippen LogP contribution in [-0.4, -0.2) is 23.5 Å². The van der Waals surface area contributed by atoms with Gasteiger partial charge in [0.05, 0.1) is 6.04 Å². The van der Waals surface area contributed by atoms with Crippen molar-refractivity contribution in [3.05, 3.63) is 11.6 Å². The van der Waals surface area contributed by atoms with Crippen molar-refractivity contribution in [3.8, 4) is 0 Å². The van der Waals surface area contributed by atoms with Crippen LogP contribution in [0.5, 0.6) is 0 Å². The monoisotopic (exact) mass is 269 g/mol. The minimum atomic E-state index is -0.566. The number of ketones is 1. The Bertz CT molecular complexity index is 349. The van der Waals surface area contributed by atoms with Crippen molar-refractivity contribution in [1.29, 1.82) is 0 Å². The first-order chi connectivity index (χ1) is 8.56. The molecule has 4 heteroatoms. The summed E-state index contributed by atoms with van der Waals surface area (Å²) in [7, 11) is 0. The van der Waals surface area contributed by atoms with Crippen LogP contribution in [0.15, 0.2) is 11.6 Å². The first kappa shape index (κ1) is 17.7. The van der Waals surface area contributed by atoms with Crippen LogP contribution in [0.25, 0.3) is 0 Å². The molecule has 0 saturated heterocycles. The van der Waals surface area contributed by atoms with E-state index < -0.39 is 17.7 Å². The molecule has 0 aromatic rings. The highest BCUT2D eigenvalue weighted by Crippen LogP contribution is 2.12. The normalized spacial score (nSPS) is 14.3. The van der Waals surface area contributed by atoms with Crippen molar-refractivity contribution >= 4 is 11.9 Å². The van der Waals surface area contributed by atoms with Crippen molar-refractivity contribution in [2.45, 2.75) is 66.5 Å². The molecule has 0 unspecified atom stereocenters. The number of nitrogens with one attached hydrogen (secondary N) is 1. The van der Waals surface area contributed by atoms with Crippen molar-refractivity contribution in [2.75, 3.05) is 0 Å². The van der Waals surface area contributed by atoms with Gasteiger partial charge in [-0.05, 0) is 46.6 Å². The van der Waals surface area contributed by atoms with Crippen LogP contribution in [0.3, 0.4) is 0 Å². The molecular formula is C15H27NO3. The summed E-state index contributed by atoms with van der Waals surface area (Å²) in [6.45, 7) is 13.0. The highest BCUT2D eigenvalue weighted by molar-refractivity contribution is 5.96. The number of carbonyl (C=O) groups excluding carboxylic acids is 2. The minimum Gasteiger partial charge on any atom is -0.444 e. The van der Waals surface area contributed by atoms with Gasteiger partial charge in [-0.2, -0.15) is 0 Å². The van der Waals surface area contributed by atoms with Gasteiger partial charge in [0.25, 0.3) is 0 Å². The van der Waals surface area contributed by atoms with Gasteiger partial charge in [-0.15, -0.1) is 0 Å². The van der Waals surface area contributed by atoms with E-state index in [0.717, 1.165) is 12.0 Å². The van der Waals surface area contributed by atoms with Gasteiger partial charge in [-0.25, -0.2) is 4.79 Å². The lowest BCUT2D eigenvalue weighted by atomic mass is 9.94. The summed E-state index contributed by atoms with van der Waals surface area (Å²) in [4.78, 5) is 23.9. The van der Waals surface area contributed by atoms with Crippen molar-refractivity contribution in [2.24, 2.45) is 5.92 Å². The smallest absolute Gasteiger partial charge is 0.408 e. The van der Waals surface area contributed by atoms with Crippen molar-refractivity contribution in [1.82, 2.24) is 5.32 Å². The van der Waals surface area contributed by atoms with Gasteiger partial charge in [0.1, 0.15) is 5.60 Å². The van der Waals surface area contributed by atoms with Crippen LogP contribution < -0.4 is 5.32 Å². The topological polar surface area (TPSA) is 55.4 Å². The Kier molecular flexibility index (Phi) is 6.81. The zero-order chi connectivity index (χ0) is 15.2. The van der Waals surface area contributed by atoms with E-state index in [0.29, 0.717) is 0 Å². The highest BCUT2D eigenvalue weighted by Gasteiger charge is 2.26. The van der Waals surface area contributed by atoms with E-state index in [2.05, 4.69) is 5.32 Å². The number of amides is 1. The first-order valence-electron chi connectivity index (χ1n) is 6.75. The van der Waals surface area contributed by atoms with Gasteiger partial charge >= 0.3 is 6.09 Å². The predicted octanol–water partition coefficient (Wildman–Crippen LogP) is 3.46. The molecule has 0 aromatic heterocycles. The van der Waals surface area contributed by atoms with E-state index in [4.69, 9.17) is 4.74 Å². The Morgan fingerprint density at radius 3 is 2.16 bits per heavy atom. The molecule has 0 spiro atoms. The molecule has 4 nitrogen and oxygen atoms in total. The van der Waals surface area contributed by atoms with Crippen LogP contribution in [-0.2, 0) is 9.53 Å². The lowest BCUT2D eigenvalue weighted by Crippen LogP contribution is -2.46. The number of rotatable bonds is 5. The molecule has 0 saturated carbocycles. The summed E-state index contributed by atoms with van der Waals surface area (Å²) in [5.41, 5.74) is 0.355. The van der Waals surface area contributed by atoms with E-state index in [1.165, 1.54) is 0 Å². The van der Waals surface area contributed by atoms with Gasteiger partial charge < -0.3 is 10.1 Å². The molecule has 0 heterocycles. The molecule has 1 N–H and O–H groups in total. The SMILES string of the molecule is CC[C@H](C)[C@H](NC(=O)OC(C)(C)C)C(=O)C=C(C)C. The summed E-state index contributed by atoms with van der Waals surface area (Å²) in [5.74, 6) is -0.0178. The van der Waals surface area contributed by atoms with Crippen LogP contribution in [0.4, 0.5) is 4.79 Å². The molecule has 0 aliphatic rings. The molecule has 0 rings (SSSR count). The van der Waals surface area contributed by atoms with Gasteiger partial charge in [-0.3, -0.25) is 4.79 Å². The summed E-state index contributed by atoms with van der Waals surface area (Å²) in [5, 5.41) is 2.67. The number of allylic oxidation sites excluding steroid dienone is 1. The lowest BCUT2D eigenvalue weighted by Gasteiger charge is -2.25. The standard InChI is InChI=1S/C15H27NO3/c1-8-11(4)13(12(17)9-10(2)3)16-14(18)19-15(5,6)7/h9,11,13H,8H2,1-7H3,(H,16,18)/t11-,13-/m0/s1. The Balaban J connectivity index is 4.84. The third kappa shape index (κ3) is 7.65. The second-order valence-electron chi connectivity index (χ2n) is 6.13. The van der Waals surface area contributed by atoms with Crippen LogP contribution in [0.1, 0.15) is 54.9 Å². The Labute approximate surface area is 116 Å². The molecule has 0 bridgehead atoms. The number of ether oxygens (including phenoxy) is 1. The first-order valence-corrected chi connectivity index (χ1v) is 6.75. The summed E-state index contributed by atoms with van der Waals surface area (Å²) >= 11 is 0. The maximum Gasteiger partial charge on any atom is 0.408 e. The molecular weight excluding hydrogens is 242 g/mol. The summed E-state index contributed by atoms with van der Waals surface area (Å²) in [6, 6.07) is -0.533. The van der Waals surface area contributed by atoms with E-state index in [-0.39, 0.29) is 11.7 Å². The fraction of sp³-hybridized carbons (Fsp3) is 0.733. The van der Waals surface area contributed by atoms with E-state index >= 15 is 0 Å². The number of hydrogen-bond acceptors (Lipinski definition) is 3. The third-order valence-corrected chi connectivity index (χ3v) is 2.62. The fourth-order valence-corrected chi connectivity index (χ4v) is 1.54.